The molecule has 0 aliphatic heterocycles. The van der Waals surface area contributed by atoms with Gasteiger partial charge in [0.2, 0.25) is 5.56 Å². The smallest absolute Gasteiger partial charge is 0.308 e. The highest BCUT2D eigenvalue weighted by Gasteiger charge is 2.08. The van der Waals surface area contributed by atoms with Crippen LogP contribution in [0.1, 0.15) is 6.92 Å². The Kier molecular flexibility index (Phi) is 6.35. The van der Waals surface area contributed by atoms with Crippen molar-refractivity contribution in [1.82, 2.24) is 4.98 Å². The Morgan fingerprint density at radius 2 is 1.90 bits per heavy atom. The summed E-state index contributed by atoms with van der Waals surface area (Å²) in [5, 5.41) is 10.0. The van der Waals surface area contributed by atoms with E-state index in [9.17, 15) is 14.7 Å². The van der Waals surface area contributed by atoms with Gasteiger partial charge in [-0.1, -0.05) is 0 Å². The van der Waals surface area contributed by atoms with Crippen LogP contribution >= 0.6 is 23.2 Å². The fourth-order valence-corrected chi connectivity index (χ4v) is 1.45. The Bertz CT molecular complexity index is 652. The van der Waals surface area contributed by atoms with Gasteiger partial charge in [0.25, 0.3) is 0 Å². The number of alkyl halides is 2. The second-order valence-corrected chi connectivity index (χ2v) is 4.42. The molecular formula is C13H13Cl2NO4. The van der Waals surface area contributed by atoms with Crippen LogP contribution in [0.15, 0.2) is 29.1 Å². The molecule has 2 aromatic rings. The third kappa shape index (κ3) is 4.43. The molecule has 0 spiro atoms. The summed E-state index contributed by atoms with van der Waals surface area (Å²) in [5.74, 6) is 0.890. The van der Waals surface area contributed by atoms with Gasteiger partial charge >= 0.3 is 5.97 Å². The van der Waals surface area contributed by atoms with Gasteiger partial charge in [-0.15, -0.1) is 23.2 Å². The summed E-state index contributed by atoms with van der Waals surface area (Å²) in [6.45, 7) is 1.28. The summed E-state index contributed by atoms with van der Waals surface area (Å²) >= 11 is 10.1. The first kappa shape index (κ1) is 16.3. The molecule has 5 nitrogen and oxygen atoms in total. The lowest BCUT2D eigenvalue weighted by Crippen LogP contribution is -2.05. The van der Waals surface area contributed by atoms with E-state index in [0.29, 0.717) is 22.9 Å². The van der Waals surface area contributed by atoms with Crippen LogP contribution in [0.3, 0.4) is 0 Å². The molecule has 0 amide bonds. The second kappa shape index (κ2) is 7.77. The highest BCUT2D eigenvalue weighted by molar-refractivity contribution is 6.25. The van der Waals surface area contributed by atoms with E-state index in [0.717, 1.165) is 0 Å². The zero-order chi connectivity index (χ0) is 15.1. The molecule has 7 heteroatoms. The fourth-order valence-electron chi connectivity index (χ4n) is 1.45. The number of ether oxygens (including phenoxy) is 1. The third-order valence-corrected chi connectivity index (χ3v) is 2.73. The number of hydrogen-bond acceptors (Lipinski definition) is 4. The van der Waals surface area contributed by atoms with Crippen molar-refractivity contribution in [2.24, 2.45) is 0 Å². The van der Waals surface area contributed by atoms with E-state index < -0.39 is 5.97 Å². The van der Waals surface area contributed by atoms with Gasteiger partial charge in [0, 0.05) is 30.1 Å². The topological polar surface area (TPSA) is 79.4 Å². The number of aromatic nitrogens is 1. The van der Waals surface area contributed by atoms with Crippen LogP contribution in [0.4, 0.5) is 0 Å². The molecule has 0 aliphatic carbocycles. The van der Waals surface area contributed by atoms with Crippen LogP contribution in [-0.2, 0) is 4.79 Å². The molecule has 0 radical (unpaired) electrons. The van der Waals surface area contributed by atoms with E-state index in [1.165, 1.54) is 31.2 Å². The Hall–Kier alpha value is -1.72. The first-order chi connectivity index (χ1) is 9.49. The quantitative estimate of drug-likeness (QED) is 0.507. The van der Waals surface area contributed by atoms with Crippen LogP contribution < -0.4 is 10.3 Å². The van der Waals surface area contributed by atoms with Gasteiger partial charge < -0.3 is 14.8 Å². The largest absolute Gasteiger partial charge is 0.506 e. The van der Waals surface area contributed by atoms with Crippen molar-refractivity contribution in [3.63, 3.8) is 0 Å². The van der Waals surface area contributed by atoms with Crippen molar-refractivity contribution in [3.05, 3.63) is 34.6 Å². The number of esters is 1. The normalized spacial score (nSPS) is 9.75. The maximum Gasteiger partial charge on any atom is 0.308 e. The van der Waals surface area contributed by atoms with Gasteiger partial charge in [0.1, 0.15) is 11.5 Å². The van der Waals surface area contributed by atoms with E-state index in [1.807, 2.05) is 0 Å². The fraction of sp³-hybridized carbons (Fsp3) is 0.231. The second-order valence-electron chi connectivity index (χ2n) is 3.67. The average molecular weight is 318 g/mol. The molecular weight excluding hydrogens is 305 g/mol. The number of benzene rings is 1. The van der Waals surface area contributed by atoms with Gasteiger partial charge in [0.05, 0.1) is 5.52 Å². The number of hydrogen-bond donors (Lipinski definition) is 2. The number of nitrogens with one attached hydrogen (secondary N) is 1. The molecule has 0 fully saturated rings. The average Bonchev–Trinajstić information content (AvgIpc) is 2.42. The van der Waals surface area contributed by atoms with E-state index in [4.69, 9.17) is 27.9 Å². The summed E-state index contributed by atoms with van der Waals surface area (Å²) in [5.41, 5.74) is -0.0750. The molecule has 0 saturated heterocycles. The van der Waals surface area contributed by atoms with Crippen LogP contribution in [0, 0.1) is 0 Å². The van der Waals surface area contributed by atoms with Crippen molar-refractivity contribution in [3.8, 4) is 11.5 Å². The molecule has 0 bridgehead atoms. The van der Waals surface area contributed by atoms with E-state index in [2.05, 4.69) is 4.98 Å². The summed E-state index contributed by atoms with van der Waals surface area (Å²) in [4.78, 5) is 24.4. The molecule has 1 aromatic carbocycles. The minimum absolute atomic E-state index is 0.0661. The van der Waals surface area contributed by atoms with Gasteiger partial charge in [-0.2, -0.15) is 0 Å². The van der Waals surface area contributed by atoms with Crippen LogP contribution in [0.5, 0.6) is 11.5 Å². The van der Waals surface area contributed by atoms with E-state index in [1.54, 1.807) is 0 Å². The number of halogens is 2. The highest BCUT2D eigenvalue weighted by Crippen LogP contribution is 2.29. The number of pyridine rings is 1. The number of phenols is 1. The zero-order valence-electron chi connectivity index (χ0n) is 10.7. The van der Waals surface area contributed by atoms with E-state index >= 15 is 0 Å². The molecule has 1 aromatic heterocycles. The summed E-state index contributed by atoms with van der Waals surface area (Å²) in [6.07, 6.45) is 0. The summed E-state index contributed by atoms with van der Waals surface area (Å²) in [6, 6.07) is 5.62. The number of rotatable bonds is 2. The Morgan fingerprint density at radius 3 is 2.45 bits per heavy atom. The Labute approximate surface area is 125 Å². The lowest BCUT2D eigenvalue weighted by Gasteiger charge is -2.06. The van der Waals surface area contributed by atoms with Crippen LogP contribution in [0.2, 0.25) is 0 Å². The van der Waals surface area contributed by atoms with Gasteiger partial charge in [-0.3, -0.25) is 9.59 Å². The Balaban J connectivity index is 0.000000444. The lowest BCUT2D eigenvalue weighted by atomic mass is 10.2. The number of aromatic amines is 1. The minimum Gasteiger partial charge on any atom is -0.506 e. The molecule has 0 atom stereocenters. The molecule has 2 N–H and O–H groups in total. The number of fused-ring (bicyclic) bond motifs is 1. The van der Waals surface area contributed by atoms with Gasteiger partial charge in [-0.25, -0.2) is 0 Å². The number of carbonyl (C=O) groups is 1. The van der Waals surface area contributed by atoms with Crippen LogP contribution in [0.25, 0.3) is 10.9 Å². The SMILES string of the molecule is CC(=O)Oc1ccc(O)c2[nH]c(=O)ccc12.ClCCCl. The van der Waals surface area contributed by atoms with Gasteiger partial charge in [-0.05, 0) is 18.2 Å². The first-order valence-corrected chi connectivity index (χ1v) is 6.72. The maximum atomic E-state index is 11.1. The molecule has 20 heavy (non-hydrogen) atoms. The Morgan fingerprint density at radius 1 is 1.25 bits per heavy atom. The first-order valence-electron chi connectivity index (χ1n) is 5.65. The summed E-state index contributed by atoms with van der Waals surface area (Å²) < 4.78 is 4.95. The predicted octanol–water partition coefficient (Wildman–Crippen LogP) is 2.62. The summed E-state index contributed by atoms with van der Waals surface area (Å²) in [7, 11) is 0. The monoisotopic (exact) mass is 317 g/mol. The zero-order valence-corrected chi connectivity index (χ0v) is 12.2. The van der Waals surface area contributed by atoms with Crippen molar-refractivity contribution in [2.45, 2.75) is 6.92 Å². The van der Waals surface area contributed by atoms with Crippen LogP contribution in [-0.4, -0.2) is 27.8 Å². The minimum atomic E-state index is -0.460. The van der Waals surface area contributed by atoms with Crippen molar-refractivity contribution >= 4 is 40.1 Å². The maximum absolute atomic E-state index is 11.1. The number of carbonyl (C=O) groups excluding carboxylic acids is 1. The van der Waals surface area contributed by atoms with E-state index in [-0.39, 0.29) is 16.8 Å². The third-order valence-electron chi connectivity index (χ3n) is 2.16. The molecule has 2 rings (SSSR count). The molecule has 0 aliphatic rings. The van der Waals surface area contributed by atoms with Crippen molar-refractivity contribution < 1.29 is 14.6 Å². The highest BCUT2D eigenvalue weighted by atomic mass is 35.5. The predicted molar refractivity (Wildman–Crippen MR) is 79.0 cm³/mol. The number of aromatic hydroxyl groups is 1. The molecule has 1 heterocycles. The molecule has 108 valence electrons. The number of H-pyrrole nitrogens is 1. The number of phenolic OH excluding ortho intramolecular Hbond substituents is 1. The van der Waals surface area contributed by atoms with Crippen molar-refractivity contribution in [2.75, 3.05) is 11.8 Å². The lowest BCUT2D eigenvalue weighted by molar-refractivity contribution is -0.131. The molecule has 0 unspecified atom stereocenters. The molecule has 0 saturated carbocycles. The standard InChI is InChI=1S/C11H9NO4.C2H4Cl2/c1-6(13)16-9-4-3-8(14)11-7(9)2-5-10(15)12-11;3-1-2-4/h2-5,14H,1H3,(H,12,15);1-2H2. The van der Waals surface area contributed by atoms with Crippen molar-refractivity contribution in [1.29, 1.82) is 0 Å². The van der Waals surface area contributed by atoms with Gasteiger partial charge in [0.15, 0.2) is 0 Å².